The van der Waals surface area contributed by atoms with Crippen molar-refractivity contribution < 1.29 is 28.6 Å². The third kappa shape index (κ3) is 6.40. The molecule has 2 aromatic rings. The summed E-state index contributed by atoms with van der Waals surface area (Å²) < 4.78 is 15.5. The Morgan fingerprint density at radius 2 is 1.50 bits per heavy atom. The predicted molar refractivity (Wildman–Crippen MR) is 112 cm³/mol. The Morgan fingerprint density at radius 3 is 2.13 bits per heavy atom. The number of benzene rings is 2. The van der Waals surface area contributed by atoms with Gasteiger partial charge in [-0.25, -0.2) is 9.59 Å². The van der Waals surface area contributed by atoms with Crippen LogP contribution in [0.1, 0.15) is 13.8 Å². The first-order valence-corrected chi connectivity index (χ1v) is 9.20. The van der Waals surface area contributed by atoms with Gasteiger partial charge in [-0.3, -0.25) is 4.79 Å². The van der Waals surface area contributed by atoms with Crippen molar-refractivity contribution in [2.75, 3.05) is 24.9 Å². The molecule has 0 saturated carbocycles. The molecule has 0 aliphatic carbocycles. The first-order chi connectivity index (χ1) is 14.3. The van der Waals surface area contributed by atoms with Crippen molar-refractivity contribution in [2.45, 2.75) is 26.0 Å². The van der Waals surface area contributed by atoms with Crippen molar-refractivity contribution in [3.05, 3.63) is 48.5 Å². The van der Waals surface area contributed by atoms with Crippen LogP contribution in [0.4, 0.5) is 16.2 Å². The quantitative estimate of drug-likeness (QED) is 0.571. The van der Waals surface area contributed by atoms with E-state index < -0.39 is 30.1 Å². The molecular formula is C21H25N3O6. The highest BCUT2D eigenvalue weighted by molar-refractivity contribution is 5.96. The standard InChI is InChI=1S/C21H25N3O6/c1-13(22-21(27)24-15-8-6-5-7-9-15)20(26)30-14(2)19(25)23-16-10-11-17(28-3)18(12-16)29-4/h5-14H,1-4H3,(H,23,25)(H2,22,24,27)/t13-,14+/m0/s1. The average Bonchev–Trinajstić information content (AvgIpc) is 2.73. The maximum Gasteiger partial charge on any atom is 0.329 e. The van der Waals surface area contributed by atoms with Crippen LogP contribution < -0.4 is 25.4 Å². The number of hydrogen-bond acceptors (Lipinski definition) is 6. The summed E-state index contributed by atoms with van der Waals surface area (Å²) in [7, 11) is 2.99. The van der Waals surface area contributed by atoms with E-state index in [0.717, 1.165) is 0 Å². The van der Waals surface area contributed by atoms with Crippen LogP contribution in [0.3, 0.4) is 0 Å². The van der Waals surface area contributed by atoms with Gasteiger partial charge < -0.3 is 30.2 Å². The fourth-order valence-electron chi connectivity index (χ4n) is 2.43. The number of rotatable bonds is 8. The number of ether oxygens (including phenoxy) is 3. The van der Waals surface area contributed by atoms with Crippen LogP contribution in [-0.4, -0.2) is 44.3 Å². The van der Waals surface area contributed by atoms with Gasteiger partial charge in [0.1, 0.15) is 6.04 Å². The molecule has 0 radical (unpaired) electrons. The lowest BCUT2D eigenvalue weighted by molar-refractivity contribution is -0.154. The van der Waals surface area contributed by atoms with Gasteiger partial charge in [0.2, 0.25) is 0 Å². The normalized spacial score (nSPS) is 12.1. The Morgan fingerprint density at radius 1 is 0.833 bits per heavy atom. The molecule has 0 saturated heterocycles. The maximum absolute atomic E-state index is 12.3. The fourth-order valence-corrected chi connectivity index (χ4v) is 2.43. The summed E-state index contributed by atoms with van der Waals surface area (Å²) in [5.74, 6) is -0.310. The summed E-state index contributed by atoms with van der Waals surface area (Å²) in [6, 6.07) is 12.1. The second-order valence-electron chi connectivity index (χ2n) is 6.32. The molecule has 2 atom stereocenters. The Hall–Kier alpha value is -3.75. The zero-order valence-corrected chi connectivity index (χ0v) is 17.2. The molecule has 0 aromatic heterocycles. The van der Waals surface area contributed by atoms with Crippen molar-refractivity contribution in [3.8, 4) is 11.5 Å². The van der Waals surface area contributed by atoms with Crippen LogP contribution in [-0.2, 0) is 14.3 Å². The second-order valence-corrected chi connectivity index (χ2v) is 6.32. The fraction of sp³-hybridized carbons (Fsp3) is 0.286. The summed E-state index contributed by atoms with van der Waals surface area (Å²) >= 11 is 0. The van der Waals surface area contributed by atoms with E-state index in [4.69, 9.17) is 14.2 Å². The molecule has 2 rings (SSSR count). The zero-order chi connectivity index (χ0) is 22.1. The van der Waals surface area contributed by atoms with Crippen LogP contribution in [0.5, 0.6) is 11.5 Å². The molecule has 2 aromatic carbocycles. The Balaban J connectivity index is 1.86. The molecule has 0 aliphatic heterocycles. The van der Waals surface area contributed by atoms with E-state index >= 15 is 0 Å². The highest BCUT2D eigenvalue weighted by atomic mass is 16.5. The van der Waals surface area contributed by atoms with Crippen LogP contribution in [0.2, 0.25) is 0 Å². The second kappa shape index (κ2) is 10.7. The van der Waals surface area contributed by atoms with Crippen LogP contribution in [0, 0.1) is 0 Å². The van der Waals surface area contributed by atoms with E-state index in [0.29, 0.717) is 22.9 Å². The predicted octanol–water partition coefficient (Wildman–Crippen LogP) is 2.78. The van der Waals surface area contributed by atoms with Gasteiger partial charge in [-0.2, -0.15) is 0 Å². The molecule has 9 nitrogen and oxygen atoms in total. The van der Waals surface area contributed by atoms with Gasteiger partial charge in [-0.05, 0) is 38.1 Å². The van der Waals surface area contributed by atoms with Gasteiger partial charge in [0.25, 0.3) is 5.91 Å². The van der Waals surface area contributed by atoms with Crippen molar-refractivity contribution >= 4 is 29.3 Å². The number of anilines is 2. The van der Waals surface area contributed by atoms with Gasteiger partial charge in [-0.1, -0.05) is 18.2 Å². The molecule has 0 bridgehead atoms. The molecule has 160 valence electrons. The van der Waals surface area contributed by atoms with Crippen molar-refractivity contribution in [1.29, 1.82) is 0 Å². The largest absolute Gasteiger partial charge is 0.493 e. The average molecular weight is 415 g/mol. The van der Waals surface area contributed by atoms with E-state index in [1.165, 1.54) is 28.1 Å². The van der Waals surface area contributed by atoms with E-state index in [-0.39, 0.29) is 0 Å². The van der Waals surface area contributed by atoms with Crippen LogP contribution in [0.15, 0.2) is 48.5 Å². The SMILES string of the molecule is COc1ccc(NC(=O)[C@@H](C)OC(=O)[C@H](C)NC(=O)Nc2ccccc2)cc1OC. The van der Waals surface area contributed by atoms with Crippen molar-refractivity contribution in [2.24, 2.45) is 0 Å². The number of urea groups is 1. The Kier molecular flexibility index (Phi) is 8.04. The van der Waals surface area contributed by atoms with Gasteiger partial charge in [-0.15, -0.1) is 0 Å². The summed E-state index contributed by atoms with van der Waals surface area (Å²) in [5, 5.41) is 7.69. The summed E-state index contributed by atoms with van der Waals surface area (Å²) in [6.07, 6.45) is -1.08. The molecule has 3 N–H and O–H groups in total. The lowest BCUT2D eigenvalue weighted by Crippen LogP contribution is -2.44. The molecule has 0 aliphatic rings. The van der Waals surface area contributed by atoms with Gasteiger partial charge in [0.15, 0.2) is 17.6 Å². The molecule has 30 heavy (non-hydrogen) atoms. The minimum Gasteiger partial charge on any atom is -0.493 e. The molecule has 0 unspecified atom stereocenters. The number of amides is 3. The Bertz CT molecular complexity index is 888. The minimum absolute atomic E-state index is 0.446. The zero-order valence-electron chi connectivity index (χ0n) is 17.2. The Labute approximate surface area is 174 Å². The third-order valence-electron chi connectivity index (χ3n) is 4.05. The highest BCUT2D eigenvalue weighted by Crippen LogP contribution is 2.29. The molecular weight excluding hydrogens is 390 g/mol. The van der Waals surface area contributed by atoms with Gasteiger partial charge >= 0.3 is 12.0 Å². The van der Waals surface area contributed by atoms with E-state index in [1.807, 2.05) is 6.07 Å². The summed E-state index contributed by atoms with van der Waals surface area (Å²) in [4.78, 5) is 36.5. The number of para-hydroxylation sites is 1. The molecule has 9 heteroatoms. The number of methoxy groups -OCH3 is 2. The molecule has 0 spiro atoms. The van der Waals surface area contributed by atoms with Crippen molar-refractivity contribution in [3.63, 3.8) is 0 Å². The minimum atomic E-state index is -1.08. The van der Waals surface area contributed by atoms with Crippen LogP contribution >= 0.6 is 0 Å². The summed E-state index contributed by atoms with van der Waals surface area (Å²) in [5.41, 5.74) is 1.03. The van der Waals surface area contributed by atoms with E-state index in [2.05, 4.69) is 16.0 Å². The van der Waals surface area contributed by atoms with Crippen LogP contribution in [0.25, 0.3) is 0 Å². The first kappa shape index (κ1) is 22.5. The van der Waals surface area contributed by atoms with Gasteiger partial charge in [0, 0.05) is 17.4 Å². The monoisotopic (exact) mass is 415 g/mol. The molecule has 0 fully saturated rings. The van der Waals surface area contributed by atoms with E-state index in [1.54, 1.807) is 42.5 Å². The molecule has 3 amide bonds. The number of esters is 1. The first-order valence-electron chi connectivity index (χ1n) is 9.20. The lowest BCUT2D eigenvalue weighted by atomic mass is 10.2. The van der Waals surface area contributed by atoms with E-state index in [9.17, 15) is 14.4 Å². The lowest BCUT2D eigenvalue weighted by Gasteiger charge is -2.18. The highest BCUT2D eigenvalue weighted by Gasteiger charge is 2.23. The van der Waals surface area contributed by atoms with Crippen molar-refractivity contribution in [1.82, 2.24) is 5.32 Å². The molecule has 0 heterocycles. The topological polar surface area (TPSA) is 115 Å². The van der Waals surface area contributed by atoms with Gasteiger partial charge in [0.05, 0.1) is 14.2 Å². The summed E-state index contributed by atoms with van der Waals surface area (Å²) in [6.45, 7) is 2.90. The smallest absolute Gasteiger partial charge is 0.329 e. The maximum atomic E-state index is 12.3. The number of carbonyl (C=O) groups is 3. The third-order valence-corrected chi connectivity index (χ3v) is 4.05. The number of nitrogens with one attached hydrogen (secondary N) is 3. The number of carbonyl (C=O) groups excluding carboxylic acids is 3. The number of hydrogen-bond donors (Lipinski definition) is 3.